The third kappa shape index (κ3) is 3.07. The van der Waals surface area contributed by atoms with E-state index in [1.165, 1.54) is 36.1 Å². The third-order valence-corrected chi connectivity index (χ3v) is 5.65. The molecule has 1 aromatic heterocycles. The molecular weight excluding hydrogens is 300 g/mol. The van der Waals surface area contributed by atoms with Crippen LogP contribution in [0.3, 0.4) is 0 Å². The minimum atomic E-state index is 0.254. The van der Waals surface area contributed by atoms with Gasteiger partial charge >= 0.3 is 0 Å². The lowest BCUT2D eigenvalue weighted by Gasteiger charge is -2.14. The molecule has 0 spiro atoms. The Morgan fingerprint density at radius 1 is 1.29 bits per heavy atom. The molecule has 1 unspecified atom stereocenters. The van der Waals surface area contributed by atoms with E-state index in [-0.39, 0.29) is 6.04 Å². The predicted molar refractivity (Wildman–Crippen MR) is 89.2 cm³/mol. The number of aryl methyl sites for hydroxylation is 2. The van der Waals surface area contributed by atoms with Gasteiger partial charge in [0.2, 0.25) is 0 Å². The molecule has 0 bridgehead atoms. The molecule has 1 N–H and O–H groups in total. The van der Waals surface area contributed by atoms with Crippen molar-refractivity contribution in [2.24, 2.45) is 0 Å². The molecule has 1 aromatic carbocycles. The smallest absolute Gasteiger partial charge is 0.101 e. The Bertz CT molecular complexity index is 676. The van der Waals surface area contributed by atoms with Gasteiger partial charge in [-0.25, -0.2) is 0 Å². The van der Waals surface area contributed by atoms with Crippen molar-refractivity contribution in [3.05, 3.63) is 50.2 Å². The summed E-state index contributed by atoms with van der Waals surface area (Å²) in [5, 5.41) is 12.9. The van der Waals surface area contributed by atoms with E-state index in [1.54, 1.807) is 10.9 Å². The second kappa shape index (κ2) is 6.09. The van der Waals surface area contributed by atoms with Gasteiger partial charge in [0.25, 0.3) is 0 Å². The van der Waals surface area contributed by atoms with Crippen LogP contribution in [0.15, 0.2) is 24.3 Å². The van der Waals surface area contributed by atoms with Gasteiger partial charge in [-0.05, 0) is 62.4 Å². The van der Waals surface area contributed by atoms with Crippen molar-refractivity contribution in [3.8, 4) is 6.07 Å². The maximum atomic E-state index is 8.91. The molecule has 4 heteroatoms. The third-order valence-electron chi connectivity index (χ3n) is 3.92. The van der Waals surface area contributed by atoms with Crippen LogP contribution < -0.4 is 5.32 Å². The Balaban J connectivity index is 1.77. The number of nitrogens with zero attached hydrogens (tertiary/aromatic N) is 1. The maximum Gasteiger partial charge on any atom is 0.101 e. The van der Waals surface area contributed by atoms with Gasteiger partial charge in [-0.1, -0.05) is 11.6 Å². The lowest BCUT2D eigenvalue weighted by Crippen LogP contribution is -2.04. The summed E-state index contributed by atoms with van der Waals surface area (Å²) in [4.78, 5) is 2.94. The number of halogens is 1. The van der Waals surface area contributed by atoms with E-state index in [1.807, 2.05) is 23.5 Å². The van der Waals surface area contributed by atoms with Crippen molar-refractivity contribution in [2.45, 2.75) is 38.6 Å². The zero-order valence-electron chi connectivity index (χ0n) is 11.9. The van der Waals surface area contributed by atoms with Crippen LogP contribution >= 0.6 is 22.9 Å². The van der Waals surface area contributed by atoms with Gasteiger partial charge in [-0.15, -0.1) is 11.3 Å². The summed E-state index contributed by atoms with van der Waals surface area (Å²) in [6.07, 6.45) is 5.09. The molecule has 1 heterocycles. The normalized spacial score (nSPS) is 15.1. The first-order valence-electron chi connectivity index (χ1n) is 7.25. The largest absolute Gasteiger partial charge is 0.378 e. The van der Waals surface area contributed by atoms with Crippen LogP contribution in [-0.4, -0.2) is 0 Å². The second-order valence-corrected chi connectivity index (χ2v) is 7.05. The fourth-order valence-electron chi connectivity index (χ4n) is 2.74. The summed E-state index contributed by atoms with van der Waals surface area (Å²) in [5.41, 5.74) is 3.01. The van der Waals surface area contributed by atoms with Gasteiger partial charge in [0.05, 0.1) is 16.6 Å². The molecule has 2 aromatic rings. The number of rotatable bonds is 3. The SMILES string of the molecule is CC(Nc1ccc(C#N)c(Cl)c1)c1cc2c(s1)CCCC2. The maximum absolute atomic E-state index is 8.91. The molecule has 0 radical (unpaired) electrons. The summed E-state index contributed by atoms with van der Waals surface area (Å²) in [6.45, 7) is 2.17. The first-order valence-corrected chi connectivity index (χ1v) is 8.44. The average molecular weight is 317 g/mol. The number of hydrogen-bond donors (Lipinski definition) is 1. The molecule has 3 rings (SSSR count). The summed E-state index contributed by atoms with van der Waals surface area (Å²) in [5.74, 6) is 0. The number of nitriles is 1. The Morgan fingerprint density at radius 2 is 2.10 bits per heavy atom. The van der Waals surface area contributed by atoms with E-state index in [2.05, 4.69) is 24.4 Å². The molecule has 0 fully saturated rings. The average Bonchev–Trinajstić information content (AvgIpc) is 2.91. The number of benzene rings is 1. The van der Waals surface area contributed by atoms with Crippen molar-refractivity contribution in [1.82, 2.24) is 0 Å². The number of anilines is 1. The van der Waals surface area contributed by atoms with E-state index in [9.17, 15) is 0 Å². The molecule has 21 heavy (non-hydrogen) atoms. The molecule has 0 saturated carbocycles. The minimum absolute atomic E-state index is 0.254. The molecule has 1 aliphatic carbocycles. The van der Waals surface area contributed by atoms with E-state index in [0.717, 1.165) is 5.69 Å². The second-order valence-electron chi connectivity index (χ2n) is 5.48. The lowest BCUT2D eigenvalue weighted by molar-refractivity contribution is 0.696. The van der Waals surface area contributed by atoms with Crippen molar-refractivity contribution in [1.29, 1.82) is 5.26 Å². The van der Waals surface area contributed by atoms with Crippen LogP contribution in [-0.2, 0) is 12.8 Å². The first kappa shape index (κ1) is 14.4. The highest BCUT2D eigenvalue weighted by molar-refractivity contribution is 7.12. The van der Waals surface area contributed by atoms with E-state index >= 15 is 0 Å². The van der Waals surface area contributed by atoms with Gasteiger partial charge < -0.3 is 5.32 Å². The minimum Gasteiger partial charge on any atom is -0.378 e. The van der Waals surface area contributed by atoms with Gasteiger partial charge in [0.15, 0.2) is 0 Å². The molecule has 0 amide bonds. The Hall–Kier alpha value is -1.50. The van der Waals surface area contributed by atoms with Crippen molar-refractivity contribution in [2.75, 3.05) is 5.32 Å². The lowest BCUT2D eigenvalue weighted by atomic mass is 9.99. The van der Waals surface area contributed by atoms with Gasteiger partial charge in [0.1, 0.15) is 6.07 Å². The zero-order chi connectivity index (χ0) is 14.8. The van der Waals surface area contributed by atoms with Crippen molar-refractivity contribution in [3.63, 3.8) is 0 Å². The number of thiophene rings is 1. The van der Waals surface area contributed by atoms with Crippen LogP contribution in [0.25, 0.3) is 0 Å². The highest BCUT2D eigenvalue weighted by Crippen LogP contribution is 2.34. The van der Waals surface area contributed by atoms with E-state index in [4.69, 9.17) is 16.9 Å². The number of fused-ring (bicyclic) bond motifs is 1. The van der Waals surface area contributed by atoms with E-state index in [0.29, 0.717) is 10.6 Å². The summed E-state index contributed by atoms with van der Waals surface area (Å²) in [7, 11) is 0. The van der Waals surface area contributed by atoms with Gasteiger partial charge in [0, 0.05) is 15.4 Å². The number of nitrogens with one attached hydrogen (secondary N) is 1. The molecule has 2 nitrogen and oxygen atoms in total. The quantitative estimate of drug-likeness (QED) is 0.831. The zero-order valence-corrected chi connectivity index (χ0v) is 13.5. The summed E-state index contributed by atoms with van der Waals surface area (Å²) in [6, 6.07) is 10.2. The van der Waals surface area contributed by atoms with Crippen LogP contribution in [0, 0.1) is 11.3 Å². The fourth-order valence-corrected chi connectivity index (χ4v) is 4.23. The first-order chi connectivity index (χ1) is 10.2. The van der Waals surface area contributed by atoms with Crippen LogP contribution in [0.5, 0.6) is 0 Å². The fraction of sp³-hybridized carbons (Fsp3) is 0.353. The Morgan fingerprint density at radius 3 is 2.81 bits per heavy atom. The predicted octanol–water partition coefficient (Wildman–Crippen LogP) is 5.33. The topological polar surface area (TPSA) is 35.8 Å². The monoisotopic (exact) mass is 316 g/mol. The molecule has 0 aliphatic heterocycles. The van der Waals surface area contributed by atoms with Crippen molar-refractivity contribution >= 4 is 28.6 Å². The summed E-state index contributed by atoms with van der Waals surface area (Å²) >= 11 is 8.01. The Kier molecular flexibility index (Phi) is 4.19. The van der Waals surface area contributed by atoms with Gasteiger partial charge in [-0.3, -0.25) is 0 Å². The molecule has 1 aliphatic rings. The van der Waals surface area contributed by atoms with Crippen LogP contribution in [0.1, 0.15) is 46.7 Å². The van der Waals surface area contributed by atoms with Crippen LogP contribution in [0.4, 0.5) is 5.69 Å². The number of hydrogen-bond acceptors (Lipinski definition) is 3. The highest BCUT2D eigenvalue weighted by atomic mass is 35.5. The molecule has 108 valence electrons. The Labute approximate surface area is 134 Å². The van der Waals surface area contributed by atoms with Crippen molar-refractivity contribution < 1.29 is 0 Å². The molecule has 0 saturated heterocycles. The molecular formula is C17H17ClN2S. The van der Waals surface area contributed by atoms with E-state index < -0.39 is 0 Å². The molecule has 1 atom stereocenters. The standard InChI is InChI=1S/C17H17ClN2S/c1-11(17-8-12-4-2-3-5-16(12)21-17)20-14-7-6-13(10-19)15(18)9-14/h6-9,11,20H,2-5H2,1H3. The van der Waals surface area contributed by atoms with Crippen LogP contribution in [0.2, 0.25) is 5.02 Å². The van der Waals surface area contributed by atoms with Gasteiger partial charge in [-0.2, -0.15) is 5.26 Å². The highest BCUT2D eigenvalue weighted by Gasteiger charge is 2.16. The summed E-state index contributed by atoms with van der Waals surface area (Å²) < 4.78 is 0.